The highest BCUT2D eigenvalue weighted by molar-refractivity contribution is 4.48. The first kappa shape index (κ1) is 96.5. The molecule has 0 spiro atoms. The average Bonchev–Trinajstić information content (AvgIpc) is 2.44. The fourth-order valence-corrected chi connectivity index (χ4v) is 0. The molecule has 0 saturated heterocycles. The third kappa shape index (κ3) is 0. The minimum absolute atomic E-state index is 0. The van der Waals surface area contributed by atoms with Crippen LogP contribution in [0.25, 0.3) is 0 Å². The quantitative estimate of drug-likeness (QED) is 0.335. The first-order chi connectivity index (χ1) is 11.0. The van der Waals surface area contributed by atoms with Crippen molar-refractivity contribution >= 4 is 0 Å². The van der Waals surface area contributed by atoms with Crippen molar-refractivity contribution in [1.29, 1.82) is 0 Å². The van der Waals surface area contributed by atoms with E-state index in [9.17, 15) is 0 Å². The molecule has 0 rings (SSSR count). The van der Waals surface area contributed by atoms with Crippen LogP contribution >= 0.6 is 0 Å². The molecule has 0 unspecified atom stereocenters. The molecule has 31 heavy (non-hydrogen) atoms. The summed E-state index contributed by atoms with van der Waals surface area (Å²) in [5, 5.41) is 0. The third-order valence-electron chi connectivity index (χ3n) is 0. The Morgan fingerprint density at radius 1 is 0.194 bits per heavy atom. The van der Waals surface area contributed by atoms with Crippen molar-refractivity contribution < 1.29 is 0 Å². The van der Waals surface area contributed by atoms with E-state index < -0.39 is 0 Å². The van der Waals surface area contributed by atoms with Crippen molar-refractivity contribution in [2.75, 3.05) is 0 Å². The SMILES string of the molecule is C.C.C.C.C.C.CC.CC.CC.CC.CC.CC(C)(C)C.CC(C)(C)C.CC(C)(C)C. The molecule has 0 aromatic heterocycles. The molecule has 0 bridgehead atoms. The van der Waals surface area contributed by atoms with E-state index in [1.54, 1.807) is 0 Å². The van der Waals surface area contributed by atoms with E-state index >= 15 is 0 Å². The molecule has 0 fully saturated rings. The number of hydrogen-bond donors (Lipinski definition) is 0. The Morgan fingerprint density at radius 2 is 0.194 bits per heavy atom. The lowest BCUT2D eigenvalue weighted by Crippen LogP contribution is -1.93. The summed E-state index contributed by atoms with van der Waals surface area (Å²) in [6.07, 6.45) is 0. The maximum absolute atomic E-state index is 2.19. The first-order valence-electron chi connectivity index (χ1n) is 11.0. The predicted octanol–water partition coefficient (Wildman–Crippen LogP) is 15.1. The van der Waals surface area contributed by atoms with Crippen LogP contribution in [0.1, 0.15) is 197 Å². The highest BCUT2D eigenvalue weighted by Crippen LogP contribution is 2.08. The summed E-state index contributed by atoms with van der Waals surface area (Å²) in [6.45, 7) is 46.2. The molecule has 0 N–H and O–H groups in total. The largest absolute Gasteiger partial charge is 0.0776 e. The van der Waals surface area contributed by atoms with E-state index in [2.05, 4.69) is 83.1 Å². The van der Waals surface area contributed by atoms with E-state index in [-0.39, 0.29) is 44.6 Å². The Kier molecular flexibility index (Phi) is 243. The van der Waals surface area contributed by atoms with Gasteiger partial charge >= 0.3 is 0 Å². The van der Waals surface area contributed by atoms with Gasteiger partial charge in [-0.1, -0.05) is 197 Å². The lowest BCUT2D eigenvalue weighted by molar-refractivity contribution is 0.469. The minimum atomic E-state index is 0. The van der Waals surface area contributed by atoms with Gasteiger partial charge in [0.15, 0.2) is 0 Å². The van der Waals surface area contributed by atoms with E-state index in [1.165, 1.54) is 0 Å². The van der Waals surface area contributed by atoms with Crippen LogP contribution in [0.3, 0.4) is 0 Å². The smallest absolute Gasteiger partial charge is 0.0411 e. The zero-order chi connectivity index (χ0) is 23.5. The molecule has 0 nitrogen and oxygen atoms in total. The summed E-state index contributed by atoms with van der Waals surface area (Å²) in [7, 11) is 0. The number of rotatable bonds is 0. The van der Waals surface area contributed by atoms with Gasteiger partial charge in [-0.25, -0.2) is 0 Å². The second kappa shape index (κ2) is 77.9. The van der Waals surface area contributed by atoms with Crippen LogP contribution in [0, 0.1) is 16.2 Å². The lowest BCUT2D eigenvalue weighted by atomic mass is 10.0. The molecule has 214 valence electrons. The molecule has 0 aliphatic rings. The van der Waals surface area contributed by atoms with Crippen molar-refractivity contribution in [1.82, 2.24) is 0 Å². The van der Waals surface area contributed by atoms with Gasteiger partial charge in [0.1, 0.15) is 0 Å². The first-order valence-corrected chi connectivity index (χ1v) is 11.0. The Hall–Kier alpha value is 0. The van der Waals surface area contributed by atoms with Crippen LogP contribution in [0.15, 0.2) is 0 Å². The molecule has 0 heteroatoms. The standard InChI is InChI=1S/3C5H12.5C2H6.6CH4/c3*1-5(2,3)4;5*1-2;;;;;;/h3*1-4H3;5*1-2H3;6*1H4. The van der Waals surface area contributed by atoms with Gasteiger partial charge in [0.2, 0.25) is 0 Å². The minimum Gasteiger partial charge on any atom is -0.0776 e. The molecule has 0 aromatic carbocycles. The second-order valence-electron chi connectivity index (χ2n) is 9.00. The van der Waals surface area contributed by atoms with Gasteiger partial charge in [-0.2, -0.15) is 0 Å². The average molecular weight is 463 g/mol. The molecular weight excluding hydrogens is 372 g/mol. The van der Waals surface area contributed by atoms with Crippen LogP contribution in [-0.4, -0.2) is 0 Å². The van der Waals surface area contributed by atoms with Crippen LogP contribution in [-0.2, 0) is 0 Å². The topological polar surface area (TPSA) is 0 Å². The van der Waals surface area contributed by atoms with Gasteiger partial charge in [-0.15, -0.1) is 0 Å². The summed E-state index contributed by atoms with van der Waals surface area (Å²) in [6, 6.07) is 0. The summed E-state index contributed by atoms with van der Waals surface area (Å²) >= 11 is 0. The van der Waals surface area contributed by atoms with Gasteiger partial charge < -0.3 is 0 Å². The van der Waals surface area contributed by atoms with Gasteiger partial charge in [0, 0.05) is 0 Å². The maximum Gasteiger partial charge on any atom is -0.0411 e. The fraction of sp³-hybridized carbons (Fsp3) is 1.00. The highest BCUT2D eigenvalue weighted by atomic mass is 14.0. The second-order valence-corrected chi connectivity index (χ2v) is 9.00. The van der Waals surface area contributed by atoms with Gasteiger partial charge in [0.25, 0.3) is 0 Å². The summed E-state index contributed by atoms with van der Waals surface area (Å²) in [4.78, 5) is 0. The molecule has 0 aliphatic carbocycles. The Labute approximate surface area is 213 Å². The zero-order valence-electron chi connectivity index (χ0n) is 23.5. The van der Waals surface area contributed by atoms with Gasteiger partial charge in [0.05, 0.1) is 0 Å². The summed E-state index contributed by atoms with van der Waals surface area (Å²) in [5.41, 5.74) is 1.50. The summed E-state index contributed by atoms with van der Waals surface area (Å²) in [5.74, 6) is 0. The lowest BCUT2D eigenvalue weighted by Gasteiger charge is -2.05. The molecule has 0 radical (unpaired) electrons. The van der Waals surface area contributed by atoms with E-state index in [4.69, 9.17) is 0 Å². The van der Waals surface area contributed by atoms with Gasteiger partial charge in [-0.05, 0) is 16.2 Å². The molecular formula is C31H90. The third-order valence-corrected chi connectivity index (χ3v) is 0. The van der Waals surface area contributed by atoms with Crippen LogP contribution < -0.4 is 0 Å². The van der Waals surface area contributed by atoms with E-state index in [1.807, 2.05) is 69.2 Å². The van der Waals surface area contributed by atoms with Crippen molar-refractivity contribution in [2.45, 2.75) is 197 Å². The molecule has 0 aliphatic heterocycles. The molecule has 0 heterocycles. The highest BCUT2D eigenvalue weighted by Gasteiger charge is 1.96. The van der Waals surface area contributed by atoms with Crippen molar-refractivity contribution in [3.8, 4) is 0 Å². The summed E-state index contributed by atoms with van der Waals surface area (Å²) < 4.78 is 0. The van der Waals surface area contributed by atoms with Crippen molar-refractivity contribution in [3.05, 3.63) is 0 Å². The van der Waals surface area contributed by atoms with E-state index in [0.717, 1.165) is 0 Å². The molecule has 0 atom stereocenters. The normalized spacial score (nSPS) is 6.77. The van der Waals surface area contributed by atoms with Crippen molar-refractivity contribution in [2.24, 2.45) is 16.2 Å². The monoisotopic (exact) mass is 463 g/mol. The number of hydrogen-bond acceptors (Lipinski definition) is 0. The predicted molar refractivity (Wildman–Crippen MR) is 173 cm³/mol. The van der Waals surface area contributed by atoms with Crippen LogP contribution in [0.4, 0.5) is 0 Å². The fourth-order valence-electron chi connectivity index (χ4n) is 0. The molecule has 0 amide bonds. The van der Waals surface area contributed by atoms with Crippen molar-refractivity contribution in [3.63, 3.8) is 0 Å². The zero-order valence-corrected chi connectivity index (χ0v) is 23.5. The van der Waals surface area contributed by atoms with Gasteiger partial charge in [-0.3, -0.25) is 0 Å². The Bertz CT molecular complexity index is 75.1. The molecule has 0 aromatic rings. The molecule has 0 saturated carbocycles. The Balaban J connectivity index is -0.00000000898. The Morgan fingerprint density at radius 3 is 0.194 bits per heavy atom. The maximum atomic E-state index is 2.19. The van der Waals surface area contributed by atoms with Crippen LogP contribution in [0.5, 0.6) is 0 Å². The van der Waals surface area contributed by atoms with Crippen LogP contribution in [0.2, 0.25) is 0 Å². The van der Waals surface area contributed by atoms with E-state index in [0.29, 0.717) is 16.2 Å².